The van der Waals surface area contributed by atoms with Gasteiger partial charge in [0.05, 0.1) is 0 Å². The minimum atomic E-state index is -0.539. The molecule has 0 aromatic rings. The zero-order chi connectivity index (χ0) is 5.70. The molecule has 0 heterocycles. The highest BCUT2D eigenvalue weighted by Gasteiger charge is 1.81. The van der Waals surface area contributed by atoms with E-state index in [0.29, 0.717) is 0 Å². The highest BCUT2D eigenvalue weighted by atomic mass is 16.2. The van der Waals surface area contributed by atoms with Crippen LogP contribution in [0.4, 0.5) is 4.79 Å². The summed E-state index contributed by atoms with van der Waals surface area (Å²) in [6, 6.07) is -0.539. The van der Waals surface area contributed by atoms with Gasteiger partial charge < -0.3 is 0 Å². The number of nitrogens with zero attached hydrogens (tertiary/aromatic N) is 2. The van der Waals surface area contributed by atoms with E-state index >= 15 is 0 Å². The zero-order valence-electron chi connectivity index (χ0n) is 4.09. The Balaban J connectivity index is 3.58. The molecule has 0 saturated heterocycles. The first-order valence-corrected chi connectivity index (χ1v) is 1.80. The molecule has 38 valence electrons. The number of carbonyl (C=O) groups is 1. The Kier molecular flexibility index (Phi) is 2.76. The van der Waals surface area contributed by atoms with Gasteiger partial charge in [-0.25, -0.2) is 14.8 Å². The second-order valence-electron chi connectivity index (χ2n) is 0.828. The largest absolute Gasteiger partial charge is 0.366 e. The van der Waals surface area contributed by atoms with Crippen LogP contribution in [-0.2, 0) is 0 Å². The van der Waals surface area contributed by atoms with E-state index in [2.05, 4.69) is 16.7 Å². The maximum Gasteiger partial charge on any atom is 0.366 e. The van der Waals surface area contributed by atoms with Gasteiger partial charge in [0.25, 0.3) is 0 Å². The van der Waals surface area contributed by atoms with Crippen LogP contribution >= 0.6 is 0 Å². The quantitative estimate of drug-likeness (QED) is 0.415. The third kappa shape index (κ3) is 2.82. The van der Waals surface area contributed by atoms with Gasteiger partial charge in [-0.3, -0.25) is 0 Å². The molecule has 0 aliphatic carbocycles. The van der Waals surface area contributed by atoms with Gasteiger partial charge in [0, 0.05) is 6.21 Å². The molecule has 0 aromatic heterocycles. The smallest absolute Gasteiger partial charge is 0.244 e. The lowest BCUT2D eigenvalue weighted by Gasteiger charge is -1.72. The molecule has 0 aromatic carbocycles. The summed E-state index contributed by atoms with van der Waals surface area (Å²) in [6.45, 7) is 4.61. The van der Waals surface area contributed by atoms with Gasteiger partial charge in [-0.2, -0.15) is 0 Å². The van der Waals surface area contributed by atoms with Crippen LogP contribution in [0.1, 0.15) is 6.92 Å². The van der Waals surface area contributed by atoms with Gasteiger partial charge >= 0.3 is 6.03 Å². The molecule has 2 amide bonds. The average Bonchev–Trinajstić information content (AvgIpc) is 1.68. The molecule has 0 aliphatic rings. The second kappa shape index (κ2) is 3.21. The van der Waals surface area contributed by atoms with E-state index in [1.54, 1.807) is 6.92 Å². The summed E-state index contributed by atoms with van der Waals surface area (Å²) in [4.78, 5) is 16.2. The SMILES string of the molecule is C=NC(=O)/N=C\C. The lowest BCUT2D eigenvalue weighted by atomic mass is 10.9. The molecular formula is C4H6N2O. The summed E-state index contributed by atoms with van der Waals surface area (Å²) in [7, 11) is 0. The fourth-order valence-electron chi connectivity index (χ4n) is 0.151. The van der Waals surface area contributed by atoms with Crippen LogP contribution in [0.5, 0.6) is 0 Å². The summed E-state index contributed by atoms with van der Waals surface area (Å²) in [5, 5.41) is 0. The summed E-state index contributed by atoms with van der Waals surface area (Å²) in [5.74, 6) is 0. The topological polar surface area (TPSA) is 41.8 Å². The highest BCUT2D eigenvalue weighted by molar-refractivity contribution is 5.85. The van der Waals surface area contributed by atoms with Crippen LogP contribution in [0.3, 0.4) is 0 Å². The third-order valence-corrected chi connectivity index (χ3v) is 0.375. The molecule has 7 heavy (non-hydrogen) atoms. The number of urea groups is 1. The Labute approximate surface area is 41.8 Å². The summed E-state index contributed by atoms with van der Waals surface area (Å²) in [6.07, 6.45) is 1.37. The molecular weight excluding hydrogens is 92.1 g/mol. The summed E-state index contributed by atoms with van der Waals surface area (Å²) < 4.78 is 0. The van der Waals surface area contributed by atoms with Crippen molar-refractivity contribution in [2.24, 2.45) is 9.98 Å². The van der Waals surface area contributed by atoms with E-state index in [0.717, 1.165) is 0 Å². The predicted octanol–water partition coefficient (Wildman–Crippen LogP) is 0.898. The van der Waals surface area contributed by atoms with Crippen LogP contribution in [0.2, 0.25) is 0 Å². The summed E-state index contributed by atoms with van der Waals surface area (Å²) >= 11 is 0. The first kappa shape index (κ1) is 6.01. The minimum Gasteiger partial charge on any atom is -0.244 e. The standard InChI is InChI=1S/C4H6N2O/c1-3-6-4(7)5-2/h3H,2H2,1H3/b6-3-. The Hall–Kier alpha value is -0.990. The Morgan fingerprint density at radius 1 is 1.86 bits per heavy atom. The molecule has 0 bridgehead atoms. The van der Waals surface area contributed by atoms with Crippen LogP contribution in [-0.4, -0.2) is 19.0 Å². The predicted molar refractivity (Wildman–Crippen MR) is 29.1 cm³/mol. The van der Waals surface area contributed by atoms with Crippen LogP contribution in [0, 0.1) is 0 Å². The van der Waals surface area contributed by atoms with Crippen LogP contribution in [0.25, 0.3) is 0 Å². The number of hydrogen-bond acceptors (Lipinski definition) is 1. The highest BCUT2D eigenvalue weighted by Crippen LogP contribution is 1.74. The van der Waals surface area contributed by atoms with Crippen molar-refractivity contribution in [1.29, 1.82) is 0 Å². The lowest BCUT2D eigenvalue weighted by molar-refractivity contribution is 0.257. The van der Waals surface area contributed by atoms with E-state index in [-0.39, 0.29) is 0 Å². The first-order chi connectivity index (χ1) is 3.31. The van der Waals surface area contributed by atoms with Gasteiger partial charge in [-0.15, -0.1) is 0 Å². The normalized spacial score (nSPS) is 9.29. The monoisotopic (exact) mass is 98.0 g/mol. The van der Waals surface area contributed by atoms with Crippen molar-refractivity contribution >= 4 is 19.0 Å². The Morgan fingerprint density at radius 2 is 2.43 bits per heavy atom. The van der Waals surface area contributed by atoms with Crippen LogP contribution in [0.15, 0.2) is 9.98 Å². The fourth-order valence-corrected chi connectivity index (χ4v) is 0.151. The molecule has 3 heteroatoms. The first-order valence-electron chi connectivity index (χ1n) is 1.80. The van der Waals surface area contributed by atoms with Gasteiger partial charge in [0.15, 0.2) is 0 Å². The molecule has 0 N–H and O–H groups in total. The molecule has 0 unspecified atom stereocenters. The number of hydrogen-bond donors (Lipinski definition) is 0. The van der Waals surface area contributed by atoms with E-state index in [1.807, 2.05) is 0 Å². The van der Waals surface area contributed by atoms with Crippen molar-refractivity contribution < 1.29 is 4.79 Å². The molecule has 0 saturated carbocycles. The van der Waals surface area contributed by atoms with Gasteiger partial charge in [0.2, 0.25) is 0 Å². The summed E-state index contributed by atoms with van der Waals surface area (Å²) in [5.41, 5.74) is 0. The molecule has 0 spiro atoms. The molecule has 0 rings (SSSR count). The second-order valence-corrected chi connectivity index (χ2v) is 0.828. The fraction of sp³-hybridized carbons (Fsp3) is 0.250. The van der Waals surface area contributed by atoms with Crippen molar-refractivity contribution in [3.63, 3.8) is 0 Å². The maximum atomic E-state index is 9.98. The number of rotatable bonds is 0. The lowest BCUT2D eigenvalue weighted by Crippen LogP contribution is -1.79. The van der Waals surface area contributed by atoms with Crippen molar-refractivity contribution in [2.75, 3.05) is 0 Å². The molecule has 0 fully saturated rings. The number of aliphatic imine (C=N–C) groups is 2. The average molecular weight is 98.1 g/mol. The van der Waals surface area contributed by atoms with Crippen molar-refractivity contribution in [1.82, 2.24) is 0 Å². The van der Waals surface area contributed by atoms with Gasteiger partial charge in [-0.1, -0.05) is 0 Å². The Bertz CT molecular complexity index is 106. The molecule has 0 aliphatic heterocycles. The molecule has 0 radical (unpaired) electrons. The van der Waals surface area contributed by atoms with Crippen LogP contribution < -0.4 is 0 Å². The van der Waals surface area contributed by atoms with Gasteiger partial charge in [0.1, 0.15) is 0 Å². The van der Waals surface area contributed by atoms with E-state index in [9.17, 15) is 4.79 Å². The zero-order valence-corrected chi connectivity index (χ0v) is 4.09. The third-order valence-electron chi connectivity index (χ3n) is 0.375. The van der Waals surface area contributed by atoms with E-state index in [4.69, 9.17) is 0 Å². The number of amides is 2. The van der Waals surface area contributed by atoms with Crippen molar-refractivity contribution in [3.8, 4) is 0 Å². The van der Waals surface area contributed by atoms with Crippen molar-refractivity contribution in [3.05, 3.63) is 0 Å². The molecule has 0 atom stereocenters. The minimum absolute atomic E-state index is 0.539. The van der Waals surface area contributed by atoms with Crippen molar-refractivity contribution in [2.45, 2.75) is 6.92 Å². The van der Waals surface area contributed by atoms with E-state index in [1.165, 1.54) is 6.21 Å². The number of carbonyl (C=O) groups excluding carboxylic acids is 1. The maximum absolute atomic E-state index is 9.98. The van der Waals surface area contributed by atoms with E-state index < -0.39 is 6.03 Å². The van der Waals surface area contributed by atoms with Gasteiger partial charge in [-0.05, 0) is 13.6 Å². The molecule has 3 nitrogen and oxygen atoms in total. The Morgan fingerprint density at radius 3 is 2.57 bits per heavy atom.